The maximum Gasteiger partial charge on any atom is 0.338 e. The number of nitrogens with zero attached hydrogens (tertiary/aromatic N) is 1. The van der Waals surface area contributed by atoms with Gasteiger partial charge in [-0.2, -0.15) is 0 Å². The van der Waals surface area contributed by atoms with Gasteiger partial charge in [-0.3, -0.25) is 10.1 Å². The summed E-state index contributed by atoms with van der Waals surface area (Å²) in [4.78, 5) is 34.7. The number of nitro groups is 1. The van der Waals surface area contributed by atoms with Crippen LogP contribution in [0.2, 0.25) is 5.02 Å². The molecule has 0 amide bonds. The first-order valence-corrected chi connectivity index (χ1v) is 9.91. The molecule has 0 saturated carbocycles. The number of benzene rings is 3. The first-order valence-electron chi connectivity index (χ1n) is 9.53. The minimum absolute atomic E-state index is 0.0109. The van der Waals surface area contributed by atoms with Crippen LogP contribution in [0.15, 0.2) is 66.7 Å². The van der Waals surface area contributed by atoms with Crippen molar-refractivity contribution < 1.29 is 28.7 Å². The maximum atomic E-state index is 12.4. The van der Waals surface area contributed by atoms with Gasteiger partial charge >= 0.3 is 17.6 Å². The number of ether oxygens (including phenoxy) is 3. The second-order valence-electron chi connectivity index (χ2n) is 6.47. The summed E-state index contributed by atoms with van der Waals surface area (Å²) in [6.45, 7) is 2.00. The van der Waals surface area contributed by atoms with Gasteiger partial charge in [0, 0.05) is 6.07 Å². The Hall–Kier alpha value is -3.91. The predicted octanol–water partition coefficient (Wildman–Crippen LogP) is 5.57. The lowest BCUT2D eigenvalue weighted by molar-refractivity contribution is -0.385. The van der Waals surface area contributed by atoms with E-state index in [1.54, 1.807) is 37.3 Å². The van der Waals surface area contributed by atoms with Crippen molar-refractivity contribution in [2.75, 3.05) is 6.61 Å². The number of rotatable bonds is 8. The minimum Gasteiger partial charge on any atom is -0.462 e. The standard InChI is InChI=1S/C23H18ClNO7/c1-2-30-22(26)16-11-9-15(10-12-16)14-31-23(27)17-5-3-6-18(13-17)32-21-19(24)7-4-8-20(21)25(28)29/h3-13H,2,14H2,1H3. The first kappa shape index (κ1) is 22.8. The fourth-order valence-corrected chi connectivity index (χ4v) is 2.94. The molecule has 0 saturated heterocycles. The van der Waals surface area contributed by atoms with Crippen LogP contribution in [0.1, 0.15) is 33.2 Å². The SMILES string of the molecule is CCOC(=O)c1ccc(COC(=O)c2cccc(Oc3c(Cl)cccc3[N+](=O)[O-])c2)cc1. The molecule has 0 spiro atoms. The number of carbonyl (C=O) groups is 2. The van der Waals surface area contributed by atoms with Crippen LogP contribution >= 0.6 is 11.6 Å². The van der Waals surface area contributed by atoms with Gasteiger partial charge in [0.25, 0.3) is 0 Å². The third-order valence-corrected chi connectivity index (χ3v) is 4.57. The molecule has 0 aliphatic rings. The molecule has 0 fully saturated rings. The van der Waals surface area contributed by atoms with Crippen LogP contribution in [0, 0.1) is 10.1 Å². The van der Waals surface area contributed by atoms with Gasteiger partial charge in [-0.25, -0.2) is 9.59 Å². The lowest BCUT2D eigenvalue weighted by Crippen LogP contribution is -2.07. The van der Waals surface area contributed by atoms with E-state index in [-0.39, 0.29) is 41.0 Å². The molecule has 0 aliphatic carbocycles. The van der Waals surface area contributed by atoms with Crippen molar-refractivity contribution in [3.63, 3.8) is 0 Å². The molecule has 0 radical (unpaired) electrons. The fraction of sp³-hybridized carbons (Fsp3) is 0.130. The number of hydrogen-bond acceptors (Lipinski definition) is 7. The average Bonchev–Trinajstić information content (AvgIpc) is 2.79. The molecule has 0 unspecified atom stereocenters. The second-order valence-corrected chi connectivity index (χ2v) is 6.88. The van der Waals surface area contributed by atoms with Crippen molar-refractivity contribution in [1.82, 2.24) is 0 Å². The molecular formula is C23H18ClNO7. The molecule has 0 N–H and O–H groups in total. The Balaban J connectivity index is 1.67. The maximum absolute atomic E-state index is 12.4. The van der Waals surface area contributed by atoms with E-state index < -0.39 is 16.9 Å². The van der Waals surface area contributed by atoms with Crippen LogP contribution < -0.4 is 4.74 Å². The summed E-state index contributed by atoms with van der Waals surface area (Å²) in [5.41, 5.74) is 0.989. The Morgan fingerprint density at radius 1 is 0.938 bits per heavy atom. The highest BCUT2D eigenvalue weighted by Gasteiger charge is 2.19. The van der Waals surface area contributed by atoms with Gasteiger partial charge < -0.3 is 14.2 Å². The molecule has 0 aliphatic heterocycles. The van der Waals surface area contributed by atoms with E-state index in [1.165, 1.54) is 36.4 Å². The molecule has 0 bridgehead atoms. The van der Waals surface area contributed by atoms with E-state index in [0.717, 1.165) is 0 Å². The highest BCUT2D eigenvalue weighted by molar-refractivity contribution is 6.32. The van der Waals surface area contributed by atoms with Crippen LogP contribution in [0.5, 0.6) is 11.5 Å². The number of halogens is 1. The van der Waals surface area contributed by atoms with E-state index in [2.05, 4.69) is 0 Å². The Morgan fingerprint density at radius 3 is 2.31 bits per heavy atom. The van der Waals surface area contributed by atoms with E-state index in [4.69, 9.17) is 25.8 Å². The molecule has 3 aromatic rings. The van der Waals surface area contributed by atoms with Gasteiger partial charge in [0.1, 0.15) is 12.4 Å². The number of hydrogen-bond donors (Lipinski definition) is 0. The lowest BCUT2D eigenvalue weighted by atomic mass is 10.1. The molecule has 0 aromatic heterocycles. The van der Waals surface area contributed by atoms with Crippen molar-refractivity contribution in [2.24, 2.45) is 0 Å². The quantitative estimate of drug-likeness (QED) is 0.248. The zero-order valence-electron chi connectivity index (χ0n) is 16.9. The van der Waals surface area contributed by atoms with E-state index in [9.17, 15) is 19.7 Å². The number of para-hydroxylation sites is 1. The zero-order valence-corrected chi connectivity index (χ0v) is 17.7. The molecule has 8 nitrogen and oxygen atoms in total. The van der Waals surface area contributed by atoms with Crippen LogP contribution in [-0.2, 0) is 16.1 Å². The van der Waals surface area contributed by atoms with Crippen molar-refractivity contribution in [3.8, 4) is 11.5 Å². The normalized spacial score (nSPS) is 10.3. The van der Waals surface area contributed by atoms with Gasteiger partial charge in [0.2, 0.25) is 5.75 Å². The number of nitro benzene ring substituents is 1. The lowest BCUT2D eigenvalue weighted by Gasteiger charge is -2.10. The summed E-state index contributed by atoms with van der Waals surface area (Å²) in [6.07, 6.45) is 0. The van der Waals surface area contributed by atoms with Crippen LogP contribution in [0.3, 0.4) is 0 Å². The van der Waals surface area contributed by atoms with Crippen molar-refractivity contribution in [3.05, 3.63) is 98.6 Å². The Bertz CT molecular complexity index is 1150. The summed E-state index contributed by atoms with van der Waals surface area (Å²) in [5, 5.41) is 11.3. The first-order chi connectivity index (χ1) is 15.4. The molecule has 9 heteroatoms. The summed E-state index contributed by atoms with van der Waals surface area (Å²) >= 11 is 6.04. The van der Waals surface area contributed by atoms with E-state index in [0.29, 0.717) is 11.1 Å². The summed E-state index contributed by atoms with van der Waals surface area (Å²) < 4.78 is 15.8. The number of carbonyl (C=O) groups excluding carboxylic acids is 2. The molecule has 0 heterocycles. The topological polar surface area (TPSA) is 105 Å². The predicted molar refractivity (Wildman–Crippen MR) is 116 cm³/mol. The van der Waals surface area contributed by atoms with Gasteiger partial charge in [-0.05, 0) is 48.9 Å². The van der Waals surface area contributed by atoms with Gasteiger partial charge in [0.05, 0.1) is 27.7 Å². The van der Waals surface area contributed by atoms with Crippen molar-refractivity contribution in [2.45, 2.75) is 13.5 Å². The molecule has 0 atom stereocenters. The molecular weight excluding hydrogens is 438 g/mol. The highest BCUT2D eigenvalue weighted by atomic mass is 35.5. The Kier molecular flexibility index (Phi) is 7.41. The Labute approximate surface area is 188 Å². The van der Waals surface area contributed by atoms with Crippen molar-refractivity contribution in [1.29, 1.82) is 0 Å². The highest BCUT2D eigenvalue weighted by Crippen LogP contribution is 2.37. The zero-order chi connectivity index (χ0) is 23.1. The van der Waals surface area contributed by atoms with Crippen LogP contribution in [0.25, 0.3) is 0 Å². The average molecular weight is 456 g/mol. The van der Waals surface area contributed by atoms with Gasteiger partial charge in [-0.1, -0.05) is 35.9 Å². The fourth-order valence-electron chi connectivity index (χ4n) is 2.73. The summed E-state index contributed by atoms with van der Waals surface area (Å²) in [5.74, 6) is -0.967. The van der Waals surface area contributed by atoms with Crippen LogP contribution in [-0.4, -0.2) is 23.5 Å². The van der Waals surface area contributed by atoms with Gasteiger partial charge in [0.15, 0.2) is 0 Å². The van der Waals surface area contributed by atoms with Gasteiger partial charge in [-0.15, -0.1) is 0 Å². The third kappa shape index (κ3) is 5.61. The third-order valence-electron chi connectivity index (χ3n) is 4.27. The smallest absolute Gasteiger partial charge is 0.338 e. The molecule has 164 valence electrons. The largest absolute Gasteiger partial charge is 0.462 e. The summed E-state index contributed by atoms with van der Waals surface area (Å²) in [7, 11) is 0. The molecule has 32 heavy (non-hydrogen) atoms. The molecule has 3 aromatic carbocycles. The second kappa shape index (κ2) is 10.4. The number of esters is 2. The van der Waals surface area contributed by atoms with E-state index >= 15 is 0 Å². The summed E-state index contributed by atoms with van der Waals surface area (Å²) in [6, 6.07) is 16.7. The van der Waals surface area contributed by atoms with Crippen LogP contribution in [0.4, 0.5) is 5.69 Å². The Morgan fingerprint density at radius 2 is 1.62 bits per heavy atom. The minimum atomic E-state index is -0.612. The molecule has 3 rings (SSSR count). The van der Waals surface area contributed by atoms with E-state index in [1.807, 2.05) is 0 Å². The van der Waals surface area contributed by atoms with Crippen molar-refractivity contribution >= 4 is 29.2 Å². The monoisotopic (exact) mass is 455 g/mol.